The summed E-state index contributed by atoms with van der Waals surface area (Å²) in [5.41, 5.74) is 1.51. The summed E-state index contributed by atoms with van der Waals surface area (Å²) in [6.45, 7) is 2.66. The molecular weight excluding hydrogens is 366 g/mol. The molecule has 9 heteroatoms. The van der Waals surface area contributed by atoms with Crippen LogP contribution in [-0.4, -0.2) is 30.9 Å². The average Bonchev–Trinajstić information content (AvgIpc) is 2.55. The Morgan fingerprint density at radius 3 is 2.62 bits per heavy atom. The molecule has 0 saturated carbocycles. The van der Waals surface area contributed by atoms with Crippen molar-refractivity contribution in [1.29, 1.82) is 0 Å². The molecule has 0 radical (unpaired) electrons. The molecule has 0 unspecified atom stereocenters. The van der Waals surface area contributed by atoms with Crippen LogP contribution in [0.2, 0.25) is 0 Å². The third kappa shape index (κ3) is 4.60. The number of thiocarbonyl (C=S) groups is 1. The lowest BCUT2D eigenvalue weighted by Gasteiger charge is -2.30. The van der Waals surface area contributed by atoms with Crippen molar-refractivity contribution in [3.8, 4) is 11.5 Å². The number of rotatable bonds is 7. The number of esters is 1. The fraction of sp³-hybridized carbons (Fsp3) is 0.412. The molecule has 1 heterocycles. The predicted molar refractivity (Wildman–Crippen MR) is 95.2 cm³/mol. The molecule has 2 rings (SSSR count). The molecule has 0 amide bonds. The largest absolute Gasteiger partial charge is 0.490 e. The number of nitrogens with one attached hydrogen (secondary N) is 2. The molecule has 1 aromatic carbocycles. The number of carbonyl (C=O) groups is 1. The highest BCUT2D eigenvalue weighted by atomic mass is 32.1. The quantitative estimate of drug-likeness (QED) is 0.551. The van der Waals surface area contributed by atoms with E-state index in [9.17, 15) is 13.6 Å². The molecule has 1 atom stereocenters. The average molecular weight is 386 g/mol. The standard InChI is InChI=1S/C17H20F2N2O4S/c1-4-23-12-8-10(6-7-11(12)25-16(18)19)14-13(15(22)24-5-2)9(3)20-17(26)21-14/h6-8,14,16H,4-5H2,1-3H3,(H2,20,21,26)/t14-/m1/s1. The second-order valence-corrected chi connectivity index (χ2v) is 5.72. The van der Waals surface area contributed by atoms with Gasteiger partial charge in [0.2, 0.25) is 0 Å². The number of alkyl halides is 2. The van der Waals surface area contributed by atoms with E-state index in [4.69, 9.17) is 21.7 Å². The molecule has 0 aromatic heterocycles. The first-order chi connectivity index (χ1) is 12.4. The van der Waals surface area contributed by atoms with E-state index in [1.165, 1.54) is 6.07 Å². The van der Waals surface area contributed by atoms with E-state index in [0.717, 1.165) is 0 Å². The van der Waals surface area contributed by atoms with Crippen LogP contribution in [0.4, 0.5) is 8.78 Å². The molecule has 0 aliphatic carbocycles. The summed E-state index contributed by atoms with van der Waals surface area (Å²) in [6.07, 6.45) is 0. The van der Waals surface area contributed by atoms with E-state index in [1.54, 1.807) is 32.9 Å². The third-order valence-corrected chi connectivity index (χ3v) is 3.80. The first kappa shape index (κ1) is 19.9. The van der Waals surface area contributed by atoms with E-state index in [1.807, 2.05) is 0 Å². The van der Waals surface area contributed by atoms with Crippen LogP contribution in [0, 0.1) is 0 Å². The zero-order valence-corrected chi connectivity index (χ0v) is 15.4. The lowest BCUT2D eigenvalue weighted by Crippen LogP contribution is -2.45. The van der Waals surface area contributed by atoms with Gasteiger partial charge in [0, 0.05) is 5.70 Å². The Labute approximate surface area is 155 Å². The monoisotopic (exact) mass is 386 g/mol. The van der Waals surface area contributed by atoms with E-state index >= 15 is 0 Å². The van der Waals surface area contributed by atoms with Gasteiger partial charge in [-0.25, -0.2) is 4.79 Å². The SMILES string of the molecule is CCOC(=O)C1=C(C)NC(=S)N[C@@H]1c1ccc(OC(F)F)c(OCC)c1. The van der Waals surface area contributed by atoms with Gasteiger partial charge in [-0.2, -0.15) is 8.78 Å². The molecule has 26 heavy (non-hydrogen) atoms. The molecule has 2 N–H and O–H groups in total. The van der Waals surface area contributed by atoms with E-state index in [-0.39, 0.29) is 24.7 Å². The molecule has 1 aliphatic rings. The Balaban J connectivity index is 2.46. The van der Waals surface area contributed by atoms with Crippen molar-refractivity contribution in [2.45, 2.75) is 33.4 Å². The van der Waals surface area contributed by atoms with Gasteiger partial charge in [0.15, 0.2) is 16.6 Å². The van der Waals surface area contributed by atoms with Crippen LogP contribution in [0.3, 0.4) is 0 Å². The van der Waals surface area contributed by atoms with Gasteiger partial charge in [-0.1, -0.05) is 6.07 Å². The molecule has 0 saturated heterocycles. The third-order valence-electron chi connectivity index (χ3n) is 3.58. The van der Waals surface area contributed by atoms with Crippen molar-refractivity contribution in [3.63, 3.8) is 0 Å². The molecule has 142 valence electrons. The highest BCUT2D eigenvalue weighted by Gasteiger charge is 2.31. The van der Waals surface area contributed by atoms with Crippen molar-refractivity contribution in [2.24, 2.45) is 0 Å². The Morgan fingerprint density at radius 2 is 2.00 bits per heavy atom. The molecule has 1 aliphatic heterocycles. The van der Waals surface area contributed by atoms with Crippen LogP contribution in [0.1, 0.15) is 32.4 Å². The number of allylic oxidation sites excluding steroid dienone is 1. The summed E-state index contributed by atoms with van der Waals surface area (Å²) in [5.74, 6) is -0.429. The maximum atomic E-state index is 12.6. The van der Waals surface area contributed by atoms with Crippen molar-refractivity contribution in [3.05, 3.63) is 35.0 Å². The first-order valence-corrected chi connectivity index (χ1v) is 8.45. The van der Waals surface area contributed by atoms with Gasteiger partial charge in [-0.15, -0.1) is 0 Å². The van der Waals surface area contributed by atoms with Crippen LogP contribution in [0.5, 0.6) is 11.5 Å². The maximum absolute atomic E-state index is 12.6. The lowest BCUT2D eigenvalue weighted by molar-refractivity contribution is -0.139. The molecule has 6 nitrogen and oxygen atoms in total. The van der Waals surface area contributed by atoms with Crippen LogP contribution >= 0.6 is 12.2 Å². The molecular formula is C17H20F2N2O4S. The van der Waals surface area contributed by atoms with Crippen molar-refractivity contribution in [2.75, 3.05) is 13.2 Å². The topological polar surface area (TPSA) is 68.8 Å². The number of ether oxygens (including phenoxy) is 3. The van der Waals surface area contributed by atoms with Gasteiger partial charge in [-0.05, 0) is 50.7 Å². The predicted octanol–water partition coefficient (Wildman–Crippen LogP) is 3.04. The number of hydrogen-bond acceptors (Lipinski definition) is 5. The van der Waals surface area contributed by atoms with E-state index in [2.05, 4.69) is 15.4 Å². The van der Waals surface area contributed by atoms with E-state index < -0.39 is 18.6 Å². The highest BCUT2D eigenvalue weighted by Crippen LogP contribution is 2.35. The Kier molecular flexibility index (Phi) is 6.73. The van der Waals surface area contributed by atoms with Crippen LogP contribution in [-0.2, 0) is 9.53 Å². The molecule has 0 fully saturated rings. The smallest absolute Gasteiger partial charge is 0.387 e. The summed E-state index contributed by atoms with van der Waals surface area (Å²) < 4.78 is 40.1. The van der Waals surface area contributed by atoms with Gasteiger partial charge in [0.1, 0.15) is 0 Å². The number of halogens is 2. The number of benzene rings is 1. The first-order valence-electron chi connectivity index (χ1n) is 8.04. The summed E-state index contributed by atoms with van der Waals surface area (Å²) in [5, 5.41) is 6.23. The maximum Gasteiger partial charge on any atom is 0.387 e. The highest BCUT2D eigenvalue weighted by molar-refractivity contribution is 7.80. The Morgan fingerprint density at radius 1 is 1.27 bits per heavy atom. The second-order valence-electron chi connectivity index (χ2n) is 5.31. The molecule has 1 aromatic rings. The second kappa shape index (κ2) is 8.79. The van der Waals surface area contributed by atoms with Gasteiger partial charge in [0.25, 0.3) is 0 Å². The summed E-state index contributed by atoms with van der Waals surface area (Å²) in [7, 11) is 0. The molecule has 0 bridgehead atoms. The van der Waals surface area contributed by atoms with Gasteiger partial charge in [0.05, 0.1) is 24.8 Å². The summed E-state index contributed by atoms with van der Waals surface area (Å²) in [6, 6.07) is 3.87. The van der Waals surface area contributed by atoms with Gasteiger partial charge in [-0.3, -0.25) is 0 Å². The summed E-state index contributed by atoms with van der Waals surface area (Å²) in [4.78, 5) is 12.4. The van der Waals surface area contributed by atoms with Crippen molar-refractivity contribution in [1.82, 2.24) is 10.6 Å². The lowest BCUT2D eigenvalue weighted by atomic mass is 9.95. The van der Waals surface area contributed by atoms with Crippen LogP contribution in [0.15, 0.2) is 29.5 Å². The van der Waals surface area contributed by atoms with Crippen LogP contribution in [0.25, 0.3) is 0 Å². The fourth-order valence-electron chi connectivity index (χ4n) is 2.59. The Hall–Kier alpha value is -2.42. The fourth-order valence-corrected chi connectivity index (χ4v) is 2.86. The van der Waals surface area contributed by atoms with Crippen molar-refractivity contribution < 1.29 is 27.8 Å². The normalized spacial score (nSPS) is 16.8. The number of carbonyl (C=O) groups excluding carboxylic acids is 1. The zero-order chi connectivity index (χ0) is 19.3. The minimum Gasteiger partial charge on any atom is -0.490 e. The molecule has 0 spiro atoms. The van der Waals surface area contributed by atoms with Crippen LogP contribution < -0.4 is 20.1 Å². The van der Waals surface area contributed by atoms with Gasteiger partial charge >= 0.3 is 12.6 Å². The minimum atomic E-state index is -2.97. The zero-order valence-electron chi connectivity index (χ0n) is 14.6. The Bertz CT molecular complexity index is 725. The number of hydrogen-bond donors (Lipinski definition) is 2. The van der Waals surface area contributed by atoms with Gasteiger partial charge < -0.3 is 24.8 Å². The summed E-state index contributed by atoms with van der Waals surface area (Å²) >= 11 is 5.17. The van der Waals surface area contributed by atoms with E-state index in [0.29, 0.717) is 21.9 Å². The minimum absolute atomic E-state index is 0.0829. The van der Waals surface area contributed by atoms with Crippen molar-refractivity contribution >= 4 is 23.3 Å².